The van der Waals surface area contributed by atoms with Crippen LogP contribution in [0.1, 0.15) is 37.0 Å². The Balaban J connectivity index is 1.58. The van der Waals surface area contributed by atoms with Gasteiger partial charge in [-0.25, -0.2) is 0 Å². The van der Waals surface area contributed by atoms with E-state index >= 15 is 0 Å². The average Bonchev–Trinajstić information content (AvgIpc) is 2.84. The zero-order valence-electron chi connectivity index (χ0n) is 8.97. The molecule has 2 rings (SSSR count). The molecule has 1 aromatic heterocycles. The highest BCUT2D eigenvalue weighted by Crippen LogP contribution is 2.27. The maximum Gasteiger partial charge on any atom is 0.0931 e. The second kappa shape index (κ2) is 5.88. The number of hydrogen-bond donors (Lipinski definition) is 1. The molecule has 84 valence electrons. The van der Waals surface area contributed by atoms with Crippen molar-refractivity contribution in [3.63, 3.8) is 0 Å². The molecule has 15 heavy (non-hydrogen) atoms. The number of halogens is 1. The summed E-state index contributed by atoms with van der Waals surface area (Å²) in [5.74, 6) is 0.990. The molecule has 0 aliphatic heterocycles. The van der Waals surface area contributed by atoms with E-state index in [-0.39, 0.29) is 0 Å². The van der Waals surface area contributed by atoms with Crippen molar-refractivity contribution in [2.24, 2.45) is 5.92 Å². The van der Waals surface area contributed by atoms with Crippen molar-refractivity contribution in [2.45, 2.75) is 38.6 Å². The minimum absolute atomic E-state index is 0.891. The van der Waals surface area contributed by atoms with Crippen LogP contribution < -0.4 is 5.32 Å². The molecule has 1 heterocycles. The maximum atomic E-state index is 5.87. The molecule has 0 atom stereocenters. The molecule has 1 saturated carbocycles. The monoisotopic (exact) mass is 243 g/mol. The van der Waals surface area contributed by atoms with Crippen LogP contribution in [0.3, 0.4) is 0 Å². The Labute approximate surface area is 101 Å². The fourth-order valence-electron chi connectivity index (χ4n) is 2.26. The van der Waals surface area contributed by atoms with E-state index in [0.717, 1.165) is 23.3 Å². The minimum Gasteiger partial charge on any atom is -0.312 e. The first-order valence-electron chi connectivity index (χ1n) is 5.79. The number of thiophene rings is 1. The van der Waals surface area contributed by atoms with Gasteiger partial charge < -0.3 is 5.32 Å². The Hall–Kier alpha value is -0.0500. The molecule has 1 aromatic rings. The molecule has 1 aliphatic rings. The van der Waals surface area contributed by atoms with E-state index in [1.165, 1.54) is 37.0 Å². The Morgan fingerprint density at radius 2 is 2.13 bits per heavy atom. The fourth-order valence-corrected chi connectivity index (χ4v) is 3.32. The van der Waals surface area contributed by atoms with Crippen LogP contribution in [0, 0.1) is 5.92 Å². The van der Waals surface area contributed by atoms with Crippen molar-refractivity contribution < 1.29 is 0 Å². The van der Waals surface area contributed by atoms with Gasteiger partial charge in [0.25, 0.3) is 0 Å². The van der Waals surface area contributed by atoms with Gasteiger partial charge in [0.1, 0.15) is 0 Å². The first-order valence-corrected chi connectivity index (χ1v) is 6.99. The summed E-state index contributed by atoms with van der Waals surface area (Å²) in [6.07, 6.45) is 7.15. The summed E-state index contributed by atoms with van der Waals surface area (Å²) in [7, 11) is 0. The van der Waals surface area contributed by atoms with Crippen LogP contribution in [0.5, 0.6) is 0 Å². The van der Waals surface area contributed by atoms with Gasteiger partial charge in [-0.15, -0.1) is 11.3 Å². The zero-order valence-corrected chi connectivity index (χ0v) is 10.5. The van der Waals surface area contributed by atoms with E-state index in [4.69, 9.17) is 11.6 Å². The first kappa shape index (κ1) is 11.4. The summed E-state index contributed by atoms with van der Waals surface area (Å²) < 4.78 is 0.891. The highest BCUT2D eigenvalue weighted by Gasteiger charge is 2.13. The number of nitrogens with one attached hydrogen (secondary N) is 1. The summed E-state index contributed by atoms with van der Waals surface area (Å²) in [6, 6.07) is 4.08. The zero-order chi connectivity index (χ0) is 10.5. The average molecular weight is 244 g/mol. The van der Waals surface area contributed by atoms with Gasteiger partial charge in [-0.1, -0.05) is 37.3 Å². The topological polar surface area (TPSA) is 12.0 Å². The molecule has 0 saturated heterocycles. The van der Waals surface area contributed by atoms with Crippen molar-refractivity contribution in [3.8, 4) is 0 Å². The Kier molecular flexibility index (Phi) is 4.48. The van der Waals surface area contributed by atoms with Crippen LogP contribution in [-0.4, -0.2) is 6.54 Å². The third-order valence-corrected chi connectivity index (χ3v) is 4.36. The van der Waals surface area contributed by atoms with Crippen molar-refractivity contribution >= 4 is 22.9 Å². The molecule has 0 unspecified atom stereocenters. The third-order valence-electron chi connectivity index (χ3n) is 3.13. The first-order chi connectivity index (χ1) is 7.34. The van der Waals surface area contributed by atoms with E-state index in [1.54, 1.807) is 11.3 Å². The predicted octanol–water partition coefficient (Wildman–Crippen LogP) is 4.07. The highest BCUT2D eigenvalue weighted by molar-refractivity contribution is 7.16. The number of rotatable bonds is 5. The summed E-state index contributed by atoms with van der Waals surface area (Å²) >= 11 is 7.54. The molecule has 1 fully saturated rings. The molecular weight excluding hydrogens is 226 g/mol. The van der Waals surface area contributed by atoms with E-state index in [2.05, 4.69) is 11.4 Å². The van der Waals surface area contributed by atoms with Gasteiger partial charge in [-0.05, 0) is 31.0 Å². The van der Waals surface area contributed by atoms with Gasteiger partial charge in [-0.2, -0.15) is 0 Å². The lowest BCUT2D eigenvalue weighted by molar-refractivity contribution is 0.478. The lowest BCUT2D eigenvalue weighted by atomic mass is 10.0. The lowest BCUT2D eigenvalue weighted by Crippen LogP contribution is -2.16. The van der Waals surface area contributed by atoms with Crippen LogP contribution in [0.2, 0.25) is 4.34 Å². The fraction of sp³-hybridized carbons (Fsp3) is 0.667. The Bertz CT molecular complexity index is 292. The highest BCUT2D eigenvalue weighted by atomic mass is 35.5. The normalized spacial score (nSPS) is 17.4. The molecular formula is C12H18ClNS. The maximum absolute atomic E-state index is 5.87. The SMILES string of the molecule is Clc1ccc(CNCCC2CCCC2)s1. The van der Waals surface area contributed by atoms with Gasteiger partial charge in [0.2, 0.25) is 0 Å². The smallest absolute Gasteiger partial charge is 0.0931 e. The van der Waals surface area contributed by atoms with E-state index in [1.807, 2.05) is 6.07 Å². The Morgan fingerprint density at radius 1 is 1.33 bits per heavy atom. The van der Waals surface area contributed by atoms with Gasteiger partial charge in [0.15, 0.2) is 0 Å². The summed E-state index contributed by atoms with van der Waals surface area (Å²) in [5.41, 5.74) is 0. The minimum atomic E-state index is 0.891. The van der Waals surface area contributed by atoms with Gasteiger partial charge in [-0.3, -0.25) is 0 Å². The molecule has 1 N–H and O–H groups in total. The molecule has 0 amide bonds. The molecule has 1 nitrogen and oxygen atoms in total. The standard InChI is InChI=1S/C12H18ClNS/c13-12-6-5-11(15-12)9-14-8-7-10-3-1-2-4-10/h5-6,10,14H,1-4,7-9H2. The molecule has 1 aliphatic carbocycles. The Morgan fingerprint density at radius 3 is 2.80 bits per heavy atom. The van der Waals surface area contributed by atoms with Crippen molar-refractivity contribution in [2.75, 3.05) is 6.54 Å². The van der Waals surface area contributed by atoms with Crippen LogP contribution in [0.4, 0.5) is 0 Å². The van der Waals surface area contributed by atoms with Crippen LogP contribution in [0.15, 0.2) is 12.1 Å². The predicted molar refractivity (Wildman–Crippen MR) is 67.6 cm³/mol. The van der Waals surface area contributed by atoms with Crippen LogP contribution in [-0.2, 0) is 6.54 Å². The van der Waals surface area contributed by atoms with E-state index < -0.39 is 0 Å². The van der Waals surface area contributed by atoms with Crippen molar-refractivity contribution in [3.05, 3.63) is 21.3 Å². The van der Waals surface area contributed by atoms with E-state index in [9.17, 15) is 0 Å². The van der Waals surface area contributed by atoms with Crippen LogP contribution >= 0.6 is 22.9 Å². The molecule has 0 aromatic carbocycles. The summed E-state index contributed by atoms with van der Waals surface area (Å²) in [5, 5.41) is 3.49. The second-order valence-corrected chi connectivity index (χ2v) is 6.12. The van der Waals surface area contributed by atoms with Crippen molar-refractivity contribution in [1.29, 1.82) is 0 Å². The van der Waals surface area contributed by atoms with Gasteiger partial charge in [0, 0.05) is 11.4 Å². The molecule has 0 radical (unpaired) electrons. The van der Waals surface area contributed by atoms with Crippen molar-refractivity contribution in [1.82, 2.24) is 5.32 Å². The molecule has 3 heteroatoms. The third kappa shape index (κ3) is 3.78. The van der Waals surface area contributed by atoms with E-state index in [0.29, 0.717) is 0 Å². The van der Waals surface area contributed by atoms with Crippen LogP contribution in [0.25, 0.3) is 0 Å². The van der Waals surface area contributed by atoms with Gasteiger partial charge >= 0.3 is 0 Å². The molecule has 0 spiro atoms. The summed E-state index contributed by atoms with van der Waals surface area (Å²) in [6.45, 7) is 2.13. The summed E-state index contributed by atoms with van der Waals surface area (Å²) in [4.78, 5) is 1.34. The second-order valence-electron chi connectivity index (χ2n) is 4.32. The quantitative estimate of drug-likeness (QED) is 0.769. The largest absolute Gasteiger partial charge is 0.312 e. The van der Waals surface area contributed by atoms with Gasteiger partial charge in [0.05, 0.1) is 4.34 Å². The lowest BCUT2D eigenvalue weighted by Gasteiger charge is -2.08. The number of hydrogen-bond acceptors (Lipinski definition) is 2. The molecule has 0 bridgehead atoms.